The van der Waals surface area contributed by atoms with Gasteiger partial charge in [0.2, 0.25) is 0 Å². The molecule has 0 aliphatic rings. The lowest BCUT2D eigenvalue weighted by atomic mass is 9.81. The molecular formula is C14H22ClNO3. The second kappa shape index (κ2) is 7.36. The maximum Gasteiger partial charge on any atom is 0.313 e. The molecule has 0 fully saturated rings. The van der Waals surface area contributed by atoms with Crippen LogP contribution in [0.15, 0.2) is 24.3 Å². The van der Waals surface area contributed by atoms with Gasteiger partial charge in [-0.2, -0.15) is 0 Å². The zero-order valence-electron chi connectivity index (χ0n) is 11.8. The predicted octanol–water partition coefficient (Wildman–Crippen LogP) is 2.71. The first-order valence-corrected chi connectivity index (χ1v) is 6.00. The Hall–Kier alpha value is -1.26. The summed E-state index contributed by atoms with van der Waals surface area (Å²) in [6.07, 6.45) is 0. The highest BCUT2D eigenvalue weighted by Crippen LogP contribution is 2.33. The molecule has 0 aliphatic heterocycles. The Morgan fingerprint density at radius 1 is 1.42 bits per heavy atom. The van der Waals surface area contributed by atoms with Gasteiger partial charge in [-0.25, -0.2) is 0 Å². The van der Waals surface area contributed by atoms with Crippen molar-refractivity contribution in [2.24, 2.45) is 11.1 Å². The lowest BCUT2D eigenvalue weighted by Gasteiger charge is -2.29. The molecule has 0 unspecified atom stereocenters. The van der Waals surface area contributed by atoms with Crippen molar-refractivity contribution >= 4 is 18.4 Å². The van der Waals surface area contributed by atoms with Crippen LogP contribution >= 0.6 is 12.4 Å². The number of methoxy groups -OCH3 is 1. The summed E-state index contributed by atoms with van der Waals surface area (Å²) in [6.45, 7) is 6.07. The standard InChI is InChI=1S/C14H21NO3.ClH/c1-5-18-11-8-6-7-10(9-11)12(15)14(2,3)13(16)17-4;/h6-9,12H,5,15H2,1-4H3;1H/t12-;/m0./s1. The van der Waals surface area contributed by atoms with E-state index in [0.29, 0.717) is 6.61 Å². The molecule has 0 spiro atoms. The minimum absolute atomic E-state index is 0. The van der Waals surface area contributed by atoms with Crippen molar-refractivity contribution in [3.63, 3.8) is 0 Å². The van der Waals surface area contributed by atoms with Gasteiger partial charge >= 0.3 is 5.97 Å². The first kappa shape index (κ1) is 17.7. The van der Waals surface area contributed by atoms with Gasteiger partial charge in [0.1, 0.15) is 5.75 Å². The Balaban J connectivity index is 0.00000324. The first-order chi connectivity index (χ1) is 8.43. The molecule has 0 saturated heterocycles. The highest BCUT2D eigenvalue weighted by atomic mass is 35.5. The molecule has 0 aliphatic carbocycles. The Morgan fingerprint density at radius 3 is 2.58 bits per heavy atom. The lowest BCUT2D eigenvalue weighted by Crippen LogP contribution is -2.37. The molecule has 1 aromatic carbocycles. The fraction of sp³-hybridized carbons (Fsp3) is 0.500. The largest absolute Gasteiger partial charge is 0.494 e. The number of hydrogen-bond acceptors (Lipinski definition) is 4. The average molecular weight is 288 g/mol. The smallest absolute Gasteiger partial charge is 0.313 e. The number of hydrogen-bond donors (Lipinski definition) is 1. The predicted molar refractivity (Wildman–Crippen MR) is 77.6 cm³/mol. The van der Waals surface area contributed by atoms with Crippen molar-refractivity contribution in [3.05, 3.63) is 29.8 Å². The molecule has 0 amide bonds. The summed E-state index contributed by atoms with van der Waals surface area (Å²) in [5.41, 5.74) is 6.24. The van der Waals surface area contributed by atoms with E-state index < -0.39 is 11.5 Å². The molecule has 0 bridgehead atoms. The maximum absolute atomic E-state index is 11.7. The highest BCUT2D eigenvalue weighted by molar-refractivity contribution is 5.85. The molecule has 5 heteroatoms. The van der Waals surface area contributed by atoms with Gasteiger partial charge < -0.3 is 15.2 Å². The average Bonchev–Trinajstić information content (AvgIpc) is 2.37. The Morgan fingerprint density at radius 2 is 2.05 bits per heavy atom. The molecule has 19 heavy (non-hydrogen) atoms. The van der Waals surface area contributed by atoms with Crippen LogP contribution in [-0.2, 0) is 9.53 Å². The van der Waals surface area contributed by atoms with Crippen LogP contribution in [0.4, 0.5) is 0 Å². The lowest BCUT2D eigenvalue weighted by molar-refractivity contribution is -0.152. The molecule has 0 radical (unpaired) electrons. The summed E-state index contributed by atoms with van der Waals surface area (Å²) in [6, 6.07) is 7.04. The van der Waals surface area contributed by atoms with E-state index in [1.54, 1.807) is 13.8 Å². The van der Waals surface area contributed by atoms with Crippen molar-refractivity contribution in [3.8, 4) is 5.75 Å². The molecule has 1 aromatic rings. The van der Waals surface area contributed by atoms with Crippen molar-refractivity contribution in [1.29, 1.82) is 0 Å². The zero-order chi connectivity index (χ0) is 13.8. The number of carbonyl (C=O) groups is 1. The number of ether oxygens (including phenoxy) is 2. The highest BCUT2D eigenvalue weighted by Gasteiger charge is 2.36. The van der Waals surface area contributed by atoms with E-state index in [0.717, 1.165) is 11.3 Å². The monoisotopic (exact) mass is 287 g/mol. The fourth-order valence-corrected chi connectivity index (χ4v) is 1.77. The fourth-order valence-electron chi connectivity index (χ4n) is 1.77. The van der Waals surface area contributed by atoms with Crippen molar-refractivity contribution in [2.45, 2.75) is 26.8 Å². The molecule has 108 valence electrons. The first-order valence-electron chi connectivity index (χ1n) is 6.00. The number of rotatable bonds is 5. The number of carbonyl (C=O) groups excluding carboxylic acids is 1. The van der Waals surface area contributed by atoms with Crippen LogP contribution in [0, 0.1) is 5.41 Å². The van der Waals surface area contributed by atoms with Crippen molar-refractivity contribution < 1.29 is 14.3 Å². The quantitative estimate of drug-likeness (QED) is 0.846. The maximum atomic E-state index is 11.7. The molecule has 0 saturated carbocycles. The third kappa shape index (κ3) is 4.11. The minimum Gasteiger partial charge on any atom is -0.494 e. The van der Waals surface area contributed by atoms with Crippen LogP contribution in [0.3, 0.4) is 0 Å². The third-order valence-corrected chi connectivity index (χ3v) is 3.02. The van der Waals surface area contributed by atoms with Gasteiger partial charge in [-0.15, -0.1) is 12.4 Å². The van der Waals surface area contributed by atoms with Gasteiger partial charge in [-0.1, -0.05) is 12.1 Å². The Labute approximate surface area is 120 Å². The molecule has 4 nitrogen and oxygen atoms in total. The second-order valence-corrected chi connectivity index (χ2v) is 4.70. The van der Waals surface area contributed by atoms with E-state index in [2.05, 4.69) is 0 Å². The summed E-state index contributed by atoms with van der Waals surface area (Å²) in [4.78, 5) is 11.7. The van der Waals surface area contributed by atoms with Gasteiger partial charge in [-0.3, -0.25) is 4.79 Å². The van der Waals surface area contributed by atoms with Crippen LogP contribution in [-0.4, -0.2) is 19.7 Å². The van der Waals surface area contributed by atoms with E-state index in [9.17, 15) is 4.79 Å². The number of halogens is 1. The van der Waals surface area contributed by atoms with E-state index >= 15 is 0 Å². The normalized spacial score (nSPS) is 12.3. The number of benzene rings is 1. The molecule has 2 N–H and O–H groups in total. The number of nitrogens with two attached hydrogens (primary N) is 1. The van der Waals surface area contributed by atoms with Crippen LogP contribution in [0.25, 0.3) is 0 Å². The van der Waals surface area contributed by atoms with Crippen LogP contribution in [0.2, 0.25) is 0 Å². The van der Waals surface area contributed by atoms with Crippen LogP contribution in [0.5, 0.6) is 5.75 Å². The summed E-state index contributed by atoms with van der Waals surface area (Å²) < 4.78 is 10.2. The number of esters is 1. The topological polar surface area (TPSA) is 61.5 Å². The second-order valence-electron chi connectivity index (χ2n) is 4.70. The zero-order valence-corrected chi connectivity index (χ0v) is 12.6. The van der Waals surface area contributed by atoms with E-state index in [1.807, 2.05) is 31.2 Å². The summed E-state index contributed by atoms with van der Waals surface area (Å²) in [7, 11) is 1.37. The van der Waals surface area contributed by atoms with Gasteiger partial charge in [-0.05, 0) is 38.5 Å². The molecule has 0 heterocycles. The van der Waals surface area contributed by atoms with Crippen LogP contribution < -0.4 is 10.5 Å². The Bertz CT molecular complexity index is 421. The Kier molecular flexibility index (Phi) is 6.87. The summed E-state index contributed by atoms with van der Waals surface area (Å²) >= 11 is 0. The summed E-state index contributed by atoms with van der Waals surface area (Å²) in [5, 5.41) is 0. The van der Waals surface area contributed by atoms with Crippen molar-refractivity contribution in [2.75, 3.05) is 13.7 Å². The molecular weight excluding hydrogens is 266 g/mol. The molecule has 1 atom stereocenters. The SMILES string of the molecule is CCOc1cccc([C@H](N)C(C)(C)C(=O)OC)c1.Cl. The van der Waals surface area contributed by atoms with Gasteiger partial charge in [0.25, 0.3) is 0 Å². The van der Waals surface area contributed by atoms with Gasteiger partial charge in [0.15, 0.2) is 0 Å². The van der Waals surface area contributed by atoms with Gasteiger partial charge in [0.05, 0.1) is 19.1 Å². The third-order valence-electron chi connectivity index (χ3n) is 3.02. The van der Waals surface area contributed by atoms with Crippen LogP contribution in [0.1, 0.15) is 32.4 Å². The van der Waals surface area contributed by atoms with Crippen molar-refractivity contribution in [1.82, 2.24) is 0 Å². The summed E-state index contributed by atoms with van der Waals surface area (Å²) in [5.74, 6) is 0.433. The molecule has 1 rings (SSSR count). The van der Waals surface area contributed by atoms with E-state index in [4.69, 9.17) is 15.2 Å². The van der Waals surface area contributed by atoms with Gasteiger partial charge in [0, 0.05) is 6.04 Å². The molecule has 0 aromatic heterocycles. The minimum atomic E-state index is -0.778. The van der Waals surface area contributed by atoms with E-state index in [-0.39, 0.29) is 18.4 Å². The van der Waals surface area contributed by atoms with E-state index in [1.165, 1.54) is 7.11 Å².